The molecule has 1 atom stereocenters. The number of halogens is 2. The third-order valence-corrected chi connectivity index (χ3v) is 4.25. The first-order valence-electron chi connectivity index (χ1n) is 7.84. The third kappa shape index (κ3) is 5.04. The van der Waals surface area contributed by atoms with Crippen molar-refractivity contribution in [2.75, 3.05) is 11.9 Å². The summed E-state index contributed by atoms with van der Waals surface area (Å²) in [6, 6.07) is 1.92. The van der Waals surface area contributed by atoms with E-state index >= 15 is 0 Å². The lowest BCUT2D eigenvalue weighted by Gasteiger charge is -2.23. The molecule has 0 bridgehead atoms. The lowest BCUT2D eigenvalue weighted by atomic mass is 10.0. The largest absolute Gasteiger partial charge is 0.387 e. The van der Waals surface area contributed by atoms with E-state index in [-0.39, 0.29) is 6.54 Å². The summed E-state index contributed by atoms with van der Waals surface area (Å²) in [5.41, 5.74) is -0.575. The topological polar surface area (TPSA) is 74.2 Å². The number of carbonyl (C=O) groups is 1. The summed E-state index contributed by atoms with van der Waals surface area (Å²) in [6.07, 6.45) is 4.24. The molecule has 0 radical (unpaired) electrons. The standard InChI is InChI=1S/C16H23ClFN3O2/c1-16(2,23)13(18)9-20-15(22)11-8-19-14(17)7-12(11)21-10-5-3-4-6-10/h7-8,10,13,23H,3-6,9H2,1-2H3,(H,19,21)(H,20,22)/t13-/m1/s1. The fraction of sp³-hybridized carbons (Fsp3) is 0.625. The lowest BCUT2D eigenvalue weighted by molar-refractivity contribution is -0.00177. The van der Waals surface area contributed by atoms with E-state index in [1.54, 1.807) is 6.07 Å². The highest BCUT2D eigenvalue weighted by Gasteiger charge is 2.27. The van der Waals surface area contributed by atoms with Crippen LogP contribution >= 0.6 is 11.6 Å². The van der Waals surface area contributed by atoms with Gasteiger partial charge in [0.2, 0.25) is 0 Å². The van der Waals surface area contributed by atoms with Crippen LogP contribution in [0, 0.1) is 0 Å². The number of alkyl halides is 1. The molecule has 23 heavy (non-hydrogen) atoms. The van der Waals surface area contributed by atoms with E-state index in [1.165, 1.54) is 20.0 Å². The molecule has 2 rings (SSSR count). The number of nitrogens with one attached hydrogen (secondary N) is 2. The molecule has 3 N–H and O–H groups in total. The Hall–Kier alpha value is -1.40. The molecule has 0 unspecified atom stereocenters. The van der Waals surface area contributed by atoms with Crippen LogP contribution in [0.1, 0.15) is 49.9 Å². The number of pyridine rings is 1. The van der Waals surface area contributed by atoms with Crippen LogP contribution in [0.4, 0.5) is 10.1 Å². The molecule has 1 fully saturated rings. The van der Waals surface area contributed by atoms with Crippen molar-refractivity contribution < 1.29 is 14.3 Å². The van der Waals surface area contributed by atoms with E-state index in [2.05, 4.69) is 15.6 Å². The van der Waals surface area contributed by atoms with Gasteiger partial charge in [-0.1, -0.05) is 24.4 Å². The SMILES string of the molecule is CC(C)(O)[C@H](F)CNC(=O)c1cnc(Cl)cc1NC1CCCC1. The Morgan fingerprint density at radius 1 is 1.52 bits per heavy atom. The number of rotatable bonds is 6. The minimum Gasteiger partial charge on any atom is -0.387 e. The van der Waals surface area contributed by atoms with Gasteiger partial charge in [0, 0.05) is 12.2 Å². The van der Waals surface area contributed by atoms with Crippen LogP contribution in [0.2, 0.25) is 5.15 Å². The first-order valence-corrected chi connectivity index (χ1v) is 8.22. The van der Waals surface area contributed by atoms with Crippen LogP contribution in [0.3, 0.4) is 0 Å². The van der Waals surface area contributed by atoms with Crippen molar-refractivity contribution in [3.63, 3.8) is 0 Å². The Kier molecular flexibility index (Phi) is 5.81. The minimum atomic E-state index is -1.56. The van der Waals surface area contributed by atoms with Gasteiger partial charge < -0.3 is 15.7 Å². The van der Waals surface area contributed by atoms with Gasteiger partial charge in [-0.15, -0.1) is 0 Å². The second-order valence-corrected chi connectivity index (χ2v) is 6.90. The normalized spacial score (nSPS) is 17.1. The van der Waals surface area contributed by atoms with E-state index in [4.69, 9.17) is 11.6 Å². The number of aliphatic hydroxyl groups is 1. The molecule has 1 aromatic rings. The maximum absolute atomic E-state index is 13.8. The van der Waals surface area contributed by atoms with Gasteiger partial charge in [-0.25, -0.2) is 9.37 Å². The molecule has 1 saturated carbocycles. The summed E-state index contributed by atoms with van der Waals surface area (Å²) < 4.78 is 13.8. The van der Waals surface area contributed by atoms with Gasteiger partial charge in [-0.2, -0.15) is 0 Å². The molecular weight excluding hydrogens is 321 g/mol. The van der Waals surface area contributed by atoms with Gasteiger partial charge in [0.15, 0.2) is 0 Å². The van der Waals surface area contributed by atoms with Gasteiger partial charge in [-0.3, -0.25) is 4.79 Å². The molecule has 1 aliphatic carbocycles. The molecule has 1 aliphatic rings. The quantitative estimate of drug-likeness (QED) is 0.694. The molecule has 7 heteroatoms. The van der Waals surface area contributed by atoms with Crippen molar-refractivity contribution in [1.82, 2.24) is 10.3 Å². The summed E-state index contributed by atoms with van der Waals surface area (Å²) in [5, 5.41) is 15.7. The Labute approximate surface area is 140 Å². The van der Waals surface area contributed by atoms with Crippen LogP contribution < -0.4 is 10.6 Å². The summed E-state index contributed by atoms with van der Waals surface area (Å²) in [7, 11) is 0. The summed E-state index contributed by atoms with van der Waals surface area (Å²) >= 11 is 5.92. The van der Waals surface area contributed by atoms with Gasteiger partial charge in [0.1, 0.15) is 11.3 Å². The first-order chi connectivity index (χ1) is 10.8. The van der Waals surface area contributed by atoms with E-state index < -0.39 is 17.7 Å². The number of carbonyl (C=O) groups excluding carboxylic acids is 1. The third-order valence-electron chi connectivity index (χ3n) is 4.04. The maximum Gasteiger partial charge on any atom is 0.255 e. The molecule has 1 amide bonds. The van der Waals surface area contributed by atoms with E-state index in [0.29, 0.717) is 22.4 Å². The van der Waals surface area contributed by atoms with Gasteiger partial charge in [0.25, 0.3) is 5.91 Å². The molecule has 1 aromatic heterocycles. The van der Waals surface area contributed by atoms with E-state index in [0.717, 1.165) is 25.7 Å². The molecule has 0 aliphatic heterocycles. The fourth-order valence-electron chi connectivity index (χ4n) is 2.55. The van der Waals surface area contributed by atoms with Crippen molar-refractivity contribution in [1.29, 1.82) is 0 Å². The predicted molar refractivity (Wildman–Crippen MR) is 88.7 cm³/mol. The molecule has 0 saturated heterocycles. The number of nitrogens with zero attached hydrogens (tertiary/aromatic N) is 1. The van der Waals surface area contributed by atoms with Gasteiger partial charge in [-0.05, 0) is 32.8 Å². The second-order valence-electron chi connectivity index (χ2n) is 6.51. The molecule has 0 spiro atoms. The number of hydrogen-bond acceptors (Lipinski definition) is 4. The van der Waals surface area contributed by atoms with Gasteiger partial charge >= 0.3 is 0 Å². The number of hydrogen-bond donors (Lipinski definition) is 3. The zero-order valence-electron chi connectivity index (χ0n) is 13.4. The number of anilines is 1. The Balaban J connectivity index is 2.06. The maximum atomic E-state index is 13.8. The Morgan fingerprint density at radius 3 is 2.78 bits per heavy atom. The summed E-state index contributed by atoms with van der Waals surface area (Å²) in [6.45, 7) is 2.45. The van der Waals surface area contributed by atoms with Crippen LogP contribution in [0.25, 0.3) is 0 Å². The highest BCUT2D eigenvalue weighted by atomic mass is 35.5. The smallest absolute Gasteiger partial charge is 0.255 e. The van der Waals surface area contributed by atoms with Gasteiger partial charge in [0.05, 0.1) is 23.4 Å². The summed E-state index contributed by atoms with van der Waals surface area (Å²) in [5.74, 6) is -0.443. The molecule has 0 aromatic carbocycles. The molecule has 1 heterocycles. The minimum absolute atomic E-state index is 0.270. The van der Waals surface area contributed by atoms with Crippen molar-refractivity contribution >= 4 is 23.2 Å². The van der Waals surface area contributed by atoms with Crippen molar-refractivity contribution in [2.24, 2.45) is 0 Å². The van der Waals surface area contributed by atoms with Crippen molar-refractivity contribution in [3.8, 4) is 0 Å². The highest BCUT2D eigenvalue weighted by molar-refractivity contribution is 6.29. The average molecular weight is 344 g/mol. The zero-order chi connectivity index (χ0) is 17.0. The number of aromatic nitrogens is 1. The van der Waals surface area contributed by atoms with Crippen LogP contribution in [-0.4, -0.2) is 40.4 Å². The van der Waals surface area contributed by atoms with Crippen LogP contribution in [-0.2, 0) is 0 Å². The monoisotopic (exact) mass is 343 g/mol. The second kappa shape index (κ2) is 7.45. The Bertz CT molecular complexity index is 557. The lowest BCUT2D eigenvalue weighted by Crippen LogP contribution is -2.42. The van der Waals surface area contributed by atoms with E-state index in [1.807, 2.05) is 0 Å². The Morgan fingerprint density at radius 2 is 2.17 bits per heavy atom. The van der Waals surface area contributed by atoms with Crippen molar-refractivity contribution in [2.45, 2.75) is 57.3 Å². The summed E-state index contributed by atoms with van der Waals surface area (Å²) in [4.78, 5) is 16.2. The molecule has 128 valence electrons. The van der Waals surface area contributed by atoms with E-state index in [9.17, 15) is 14.3 Å². The molecule has 5 nitrogen and oxygen atoms in total. The number of amides is 1. The highest BCUT2D eigenvalue weighted by Crippen LogP contribution is 2.26. The van der Waals surface area contributed by atoms with Crippen molar-refractivity contribution in [3.05, 3.63) is 23.0 Å². The first kappa shape index (κ1) is 17.9. The molecular formula is C16H23ClFN3O2. The average Bonchev–Trinajstić information content (AvgIpc) is 2.96. The predicted octanol–water partition coefficient (Wildman–Crippen LogP) is 2.93. The zero-order valence-corrected chi connectivity index (χ0v) is 14.2. The van der Waals surface area contributed by atoms with Crippen LogP contribution in [0.15, 0.2) is 12.3 Å². The van der Waals surface area contributed by atoms with Crippen LogP contribution in [0.5, 0.6) is 0 Å². The fourth-order valence-corrected chi connectivity index (χ4v) is 2.71.